The predicted octanol–water partition coefficient (Wildman–Crippen LogP) is 3.02. The van der Waals surface area contributed by atoms with E-state index < -0.39 is 29.3 Å². The van der Waals surface area contributed by atoms with Crippen LogP contribution >= 0.6 is 11.8 Å². The zero-order chi connectivity index (χ0) is 12.3. The Morgan fingerprint density at radius 1 is 1.38 bits per heavy atom. The van der Waals surface area contributed by atoms with Gasteiger partial charge in [-0.1, -0.05) is 6.07 Å². The van der Waals surface area contributed by atoms with E-state index in [0.717, 1.165) is 12.1 Å². The summed E-state index contributed by atoms with van der Waals surface area (Å²) in [5.74, 6) is -3.14. The van der Waals surface area contributed by atoms with Crippen molar-refractivity contribution in [3.63, 3.8) is 0 Å². The molecule has 2 nitrogen and oxygen atoms in total. The van der Waals surface area contributed by atoms with Gasteiger partial charge in [-0.2, -0.15) is 13.2 Å². The number of hydrogen-bond donors (Lipinski definition) is 1. The quantitative estimate of drug-likeness (QED) is 0.665. The summed E-state index contributed by atoms with van der Waals surface area (Å²) in [4.78, 5) is 9.88. The van der Waals surface area contributed by atoms with Gasteiger partial charge in [0.05, 0.1) is 11.3 Å². The maximum Gasteiger partial charge on any atom is 0.419 e. The number of thioether (sulfide) groups is 1. The Bertz CT molecular complexity index is 403. The van der Waals surface area contributed by atoms with E-state index in [0.29, 0.717) is 17.8 Å². The molecule has 88 valence electrons. The first kappa shape index (κ1) is 12.8. The molecule has 7 heteroatoms. The number of aliphatic carboxylic acids is 1. The Kier molecular flexibility index (Phi) is 3.79. The van der Waals surface area contributed by atoms with Gasteiger partial charge in [0, 0.05) is 4.90 Å². The summed E-state index contributed by atoms with van der Waals surface area (Å²) in [5.41, 5.74) is -1.39. The lowest BCUT2D eigenvalue weighted by Crippen LogP contribution is -2.09. The normalized spacial score (nSPS) is 11.5. The average molecular weight is 254 g/mol. The van der Waals surface area contributed by atoms with Gasteiger partial charge in [-0.25, -0.2) is 4.39 Å². The molecule has 1 aromatic carbocycles. The molecule has 0 atom stereocenters. The summed E-state index contributed by atoms with van der Waals surface area (Å²) in [7, 11) is 0. The number of benzene rings is 1. The Hall–Kier alpha value is -1.24. The van der Waals surface area contributed by atoms with Crippen molar-refractivity contribution in [2.75, 3.05) is 5.75 Å². The van der Waals surface area contributed by atoms with E-state index in [2.05, 4.69) is 0 Å². The highest BCUT2D eigenvalue weighted by Gasteiger charge is 2.34. The van der Waals surface area contributed by atoms with Gasteiger partial charge >= 0.3 is 12.1 Å². The number of alkyl halides is 3. The Morgan fingerprint density at radius 3 is 2.50 bits per heavy atom. The molecule has 0 bridgehead atoms. The summed E-state index contributed by atoms with van der Waals surface area (Å²) in [5, 5.41) is 8.33. The lowest BCUT2D eigenvalue weighted by Gasteiger charge is -2.10. The van der Waals surface area contributed by atoms with E-state index in [-0.39, 0.29) is 4.90 Å². The van der Waals surface area contributed by atoms with Gasteiger partial charge in [0.25, 0.3) is 0 Å². The number of carbonyl (C=O) groups is 1. The molecule has 0 radical (unpaired) electrons. The van der Waals surface area contributed by atoms with Crippen molar-refractivity contribution >= 4 is 17.7 Å². The van der Waals surface area contributed by atoms with Crippen LogP contribution in [0.25, 0.3) is 0 Å². The topological polar surface area (TPSA) is 37.3 Å². The number of carboxylic acids is 1. The molecule has 0 aliphatic heterocycles. The van der Waals surface area contributed by atoms with Crippen molar-refractivity contribution in [3.05, 3.63) is 29.6 Å². The fourth-order valence-corrected chi connectivity index (χ4v) is 1.67. The van der Waals surface area contributed by atoms with Crippen LogP contribution in [0.3, 0.4) is 0 Å². The molecule has 0 saturated carbocycles. The third-order valence-electron chi connectivity index (χ3n) is 1.62. The van der Waals surface area contributed by atoms with Crippen molar-refractivity contribution in [2.45, 2.75) is 11.1 Å². The Morgan fingerprint density at radius 2 is 2.00 bits per heavy atom. The molecule has 0 spiro atoms. The van der Waals surface area contributed by atoms with Crippen molar-refractivity contribution in [2.24, 2.45) is 0 Å². The molecule has 0 saturated heterocycles. The van der Waals surface area contributed by atoms with Crippen LogP contribution in [0.1, 0.15) is 5.56 Å². The Labute approximate surface area is 92.3 Å². The lowest BCUT2D eigenvalue weighted by atomic mass is 10.2. The van der Waals surface area contributed by atoms with Gasteiger partial charge in [0.1, 0.15) is 5.82 Å². The molecule has 16 heavy (non-hydrogen) atoms. The second-order valence-electron chi connectivity index (χ2n) is 2.80. The number of rotatable bonds is 3. The van der Waals surface area contributed by atoms with E-state index in [1.54, 1.807) is 0 Å². The molecule has 0 fully saturated rings. The van der Waals surface area contributed by atoms with E-state index in [9.17, 15) is 22.4 Å². The standard InChI is InChI=1S/C9H6F4O2S/c10-8-5(9(11,12)13)2-1-3-6(8)16-4-7(14)15/h1-3H,4H2,(H,14,15). The second kappa shape index (κ2) is 4.73. The SMILES string of the molecule is O=C(O)CSc1cccc(C(F)(F)F)c1F. The minimum Gasteiger partial charge on any atom is -0.481 e. The molecular weight excluding hydrogens is 248 g/mol. The highest BCUT2D eigenvalue weighted by atomic mass is 32.2. The summed E-state index contributed by atoms with van der Waals surface area (Å²) in [6.07, 6.45) is -4.77. The molecule has 0 unspecified atom stereocenters. The van der Waals surface area contributed by atoms with Crippen LogP contribution in [0.5, 0.6) is 0 Å². The molecule has 1 N–H and O–H groups in total. The highest BCUT2D eigenvalue weighted by molar-refractivity contribution is 8.00. The number of halogens is 4. The lowest BCUT2D eigenvalue weighted by molar-refractivity contribution is -0.140. The van der Waals surface area contributed by atoms with Crippen LogP contribution in [-0.2, 0) is 11.0 Å². The molecule has 1 aromatic rings. The van der Waals surface area contributed by atoms with E-state index in [1.165, 1.54) is 0 Å². The summed E-state index contributed by atoms with van der Waals surface area (Å²) >= 11 is 0.511. The molecule has 1 rings (SSSR count). The van der Waals surface area contributed by atoms with Crippen molar-refractivity contribution in [1.29, 1.82) is 0 Å². The van der Waals surface area contributed by atoms with Crippen molar-refractivity contribution in [3.8, 4) is 0 Å². The maximum atomic E-state index is 13.3. The van der Waals surface area contributed by atoms with Crippen molar-refractivity contribution in [1.82, 2.24) is 0 Å². The fraction of sp³-hybridized carbons (Fsp3) is 0.222. The van der Waals surface area contributed by atoms with Crippen LogP contribution in [0.4, 0.5) is 17.6 Å². The van der Waals surface area contributed by atoms with E-state index >= 15 is 0 Å². The predicted molar refractivity (Wildman–Crippen MR) is 49.8 cm³/mol. The van der Waals surface area contributed by atoms with Crippen LogP contribution in [0, 0.1) is 5.82 Å². The van der Waals surface area contributed by atoms with Crippen molar-refractivity contribution < 1.29 is 27.5 Å². The van der Waals surface area contributed by atoms with Gasteiger partial charge in [-0.15, -0.1) is 11.8 Å². The number of hydrogen-bond acceptors (Lipinski definition) is 2. The summed E-state index contributed by atoms with van der Waals surface area (Å²) in [6.45, 7) is 0. The highest BCUT2D eigenvalue weighted by Crippen LogP contribution is 2.35. The molecule has 0 aromatic heterocycles. The van der Waals surface area contributed by atoms with Gasteiger partial charge in [-0.05, 0) is 12.1 Å². The molecule has 0 heterocycles. The van der Waals surface area contributed by atoms with Gasteiger partial charge in [0.15, 0.2) is 0 Å². The molecule has 0 amide bonds. The first-order valence-electron chi connectivity index (χ1n) is 4.02. The zero-order valence-corrected chi connectivity index (χ0v) is 8.53. The van der Waals surface area contributed by atoms with Gasteiger partial charge < -0.3 is 5.11 Å². The largest absolute Gasteiger partial charge is 0.481 e. The van der Waals surface area contributed by atoms with Gasteiger partial charge in [0.2, 0.25) is 0 Å². The third-order valence-corrected chi connectivity index (χ3v) is 2.64. The minimum atomic E-state index is -4.77. The monoisotopic (exact) mass is 254 g/mol. The fourth-order valence-electron chi connectivity index (χ4n) is 0.981. The van der Waals surface area contributed by atoms with E-state index in [4.69, 9.17) is 5.11 Å². The zero-order valence-electron chi connectivity index (χ0n) is 7.71. The van der Waals surface area contributed by atoms with Crippen LogP contribution in [0.2, 0.25) is 0 Å². The maximum absolute atomic E-state index is 13.3. The van der Waals surface area contributed by atoms with Crippen LogP contribution in [-0.4, -0.2) is 16.8 Å². The van der Waals surface area contributed by atoms with E-state index in [1.807, 2.05) is 0 Å². The second-order valence-corrected chi connectivity index (χ2v) is 3.82. The van der Waals surface area contributed by atoms with Gasteiger partial charge in [-0.3, -0.25) is 4.79 Å². The Balaban J connectivity index is 3.00. The average Bonchev–Trinajstić information content (AvgIpc) is 2.14. The molecular formula is C9H6F4O2S. The number of carboxylic acid groups (broad SMARTS) is 1. The first-order chi connectivity index (χ1) is 7.32. The summed E-state index contributed by atoms with van der Waals surface area (Å²) < 4.78 is 50.1. The van der Waals surface area contributed by atoms with Crippen LogP contribution < -0.4 is 0 Å². The molecule has 0 aliphatic rings. The van der Waals surface area contributed by atoms with Crippen LogP contribution in [0.15, 0.2) is 23.1 Å². The smallest absolute Gasteiger partial charge is 0.419 e. The first-order valence-corrected chi connectivity index (χ1v) is 5.01. The molecule has 0 aliphatic carbocycles. The third kappa shape index (κ3) is 3.13. The summed E-state index contributed by atoms with van der Waals surface area (Å²) in [6, 6.07) is 2.76. The minimum absolute atomic E-state index is 0.322.